The zero-order valence-electron chi connectivity index (χ0n) is 14.3. The third kappa shape index (κ3) is 6.96. The van der Waals surface area contributed by atoms with Gasteiger partial charge in [0.25, 0.3) is 5.92 Å². The third-order valence-electron chi connectivity index (χ3n) is 3.70. The fourth-order valence-corrected chi connectivity index (χ4v) is 2.56. The van der Waals surface area contributed by atoms with Gasteiger partial charge in [0.1, 0.15) is 0 Å². The van der Waals surface area contributed by atoms with Crippen molar-refractivity contribution in [1.82, 2.24) is 10.6 Å². The Bertz CT molecular complexity index is 611. The second kappa shape index (κ2) is 9.10. The Kier molecular flexibility index (Phi) is 7.76. The zero-order valence-corrected chi connectivity index (χ0v) is 15.1. The SMILES string of the molecule is CC(C)CC(=O)Nc1cccc(CNC(=O)C2CC(F)(F)CN2)c1.Cl. The number of rotatable bonds is 6. The van der Waals surface area contributed by atoms with E-state index < -0.39 is 30.8 Å². The average Bonchev–Trinajstić information content (AvgIpc) is 2.84. The minimum atomic E-state index is -2.83. The van der Waals surface area contributed by atoms with Crippen LogP contribution < -0.4 is 16.0 Å². The Hall–Kier alpha value is -1.73. The molecule has 1 heterocycles. The van der Waals surface area contributed by atoms with E-state index in [1.165, 1.54) is 0 Å². The van der Waals surface area contributed by atoms with Crippen LogP contribution in [0.1, 0.15) is 32.3 Å². The molecule has 25 heavy (non-hydrogen) atoms. The van der Waals surface area contributed by atoms with E-state index >= 15 is 0 Å². The first kappa shape index (κ1) is 21.3. The van der Waals surface area contributed by atoms with Gasteiger partial charge in [-0.05, 0) is 23.6 Å². The molecule has 1 aromatic rings. The summed E-state index contributed by atoms with van der Waals surface area (Å²) in [6, 6.07) is 6.23. The molecule has 140 valence electrons. The molecule has 0 saturated carbocycles. The number of carbonyl (C=O) groups is 2. The van der Waals surface area contributed by atoms with Gasteiger partial charge in [0.2, 0.25) is 11.8 Å². The topological polar surface area (TPSA) is 70.2 Å². The predicted molar refractivity (Wildman–Crippen MR) is 95.0 cm³/mol. The molecule has 0 bridgehead atoms. The standard InChI is InChI=1S/C17H23F2N3O2.ClH/c1-11(2)6-15(23)22-13-5-3-4-12(7-13)9-20-16(24)14-8-17(18,19)10-21-14;/h3-5,7,11,14,21H,6,8-10H2,1-2H3,(H,20,24)(H,22,23);1H. The van der Waals surface area contributed by atoms with Gasteiger partial charge in [-0.25, -0.2) is 8.78 Å². The van der Waals surface area contributed by atoms with Crippen LogP contribution in [-0.4, -0.2) is 30.3 Å². The molecule has 1 fully saturated rings. The lowest BCUT2D eigenvalue weighted by atomic mass is 10.1. The van der Waals surface area contributed by atoms with Crippen molar-refractivity contribution in [3.8, 4) is 0 Å². The highest BCUT2D eigenvalue weighted by molar-refractivity contribution is 5.90. The first-order valence-corrected chi connectivity index (χ1v) is 8.03. The molecule has 1 aliphatic heterocycles. The number of amides is 2. The molecule has 8 heteroatoms. The Morgan fingerprint density at radius 1 is 1.36 bits per heavy atom. The summed E-state index contributed by atoms with van der Waals surface area (Å²) in [5, 5.41) is 7.97. The maximum atomic E-state index is 13.1. The van der Waals surface area contributed by atoms with Gasteiger partial charge in [-0.15, -0.1) is 12.4 Å². The minimum Gasteiger partial charge on any atom is -0.351 e. The Morgan fingerprint density at radius 2 is 2.08 bits per heavy atom. The largest absolute Gasteiger partial charge is 0.351 e. The lowest BCUT2D eigenvalue weighted by Gasteiger charge is -2.12. The molecule has 0 spiro atoms. The second-order valence-corrected chi connectivity index (χ2v) is 6.56. The smallest absolute Gasteiger partial charge is 0.262 e. The van der Waals surface area contributed by atoms with Crippen LogP contribution in [0.25, 0.3) is 0 Å². The number of carbonyl (C=O) groups excluding carboxylic acids is 2. The molecule has 1 aromatic carbocycles. The zero-order chi connectivity index (χ0) is 17.7. The van der Waals surface area contributed by atoms with Gasteiger partial charge in [0, 0.05) is 25.1 Å². The second-order valence-electron chi connectivity index (χ2n) is 6.56. The van der Waals surface area contributed by atoms with Crippen LogP contribution in [0.2, 0.25) is 0 Å². The van der Waals surface area contributed by atoms with Crippen molar-refractivity contribution >= 4 is 29.9 Å². The van der Waals surface area contributed by atoms with Crippen LogP contribution in [0.15, 0.2) is 24.3 Å². The molecular formula is C17H24ClF2N3O2. The molecule has 1 aliphatic rings. The number of hydrogen-bond acceptors (Lipinski definition) is 3. The predicted octanol–water partition coefficient (Wildman–Crippen LogP) is 2.71. The van der Waals surface area contributed by atoms with Crippen LogP contribution >= 0.6 is 12.4 Å². The van der Waals surface area contributed by atoms with Gasteiger partial charge in [-0.2, -0.15) is 0 Å². The van der Waals surface area contributed by atoms with Crippen molar-refractivity contribution < 1.29 is 18.4 Å². The highest BCUT2D eigenvalue weighted by Gasteiger charge is 2.42. The number of halogens is 3. The molecule has 1 saturated heterocycles. The fourth-order valence-electron chi connectivity index (χ4n) is 2.56. The third-order valence-corrected chi connectivity index (χ3v) is 3.70. The van der Waals surface area contributed by atoms with E-state index in [0.29, 0.717) is 12.1 Å². The lowest BCUT2D eigenvalue weighted by Crippen LogP contribution is -2.40. The van der Waals surface area contributed by atoms with E-state index in [0.717, 1.165) is 5.56 Å². The van der Waals surface area contributed by atoms with Crippen LogP contribution in [-0.2, 0) is 16.1 Å². The summed E-state index contributed by atoms with van der Waals surface area (Å²) in [7, 11) is 0. The maximum Gasteiger partial charge on any atom is 0.262 e. The van der Waals surface area contributed by atoms with Gasteiger partial charge >= 0.3 is 0 Å². The van der Waals surface area contributed by atoms with Crippen molar-refractivity contribution in [3.63, 3.8) is 0 Å². The monoisotopic (exact) mass is 375 g/mol. The molecular weight excluding hydrogens is 352 g/mol. The number of nitrogens with one attached hydrogen (secondary N) is 3. The van der Waals surface area contributed by atoms with Crippen molar-refractivity contribution in [2.24, 2.45) is 5.92 Å². The first-order chi connectivity index (χ1) is 11.2. The van der Waals surface area contributed by atoms with E-state index in [9.17, 15) is 18.4 Å². The highest BCUT2D eigenvalue weighted by atomic mass is 35.5. The van der Waals surface area contributed by atoms with Gasteiger partial charge in [-0.3, -0.25) is 14.9 Å². The summed E-state index contributed by atoms with van der Waals surface area (Å²) in [4.78, 5) is 23.7. The first-order valence-electron chi connectivity index (χ1n) is 8.03. The van der Waals surface area contributed by atoms with Gasteiger partial charge in [0.05, 0.1) is 12.6 Å². The van der Waals surface area contributed by atoms with Crippen molar-refractivity contribution in [3.05, 3.63) is 29.8 Å². The summed E-state index contributed by atoms with van der Waals surface area (Å²) in [6.45, 7) is 3.68. The normalized spacial score (nSPS) is 18.5. The maximum absolute atomic E-state index is 13.1. The molecule has 2 amide bonds. The van der Waals surface area contributed by atoms with Gasteiger partial charge in [-0.1, -0.05) is 26.0 Å². The van der Waals surface area contributed by atoms with E-state index in [1.54, 1.807) is 24.3 Å². The molecule has 1 atom stereocenters. The number of anilines is 1. The summed E-state index contributed by atoms with van der Waals surface area (Å²) in [6.07, 6.45) is -0.0490. The Labute approximate surface area is 152 Å². The van der Waals surface area contributed by atoms with Crippen molar-refractivity contribution in [2.75, 3.05) is 11.9 Å². The number of alkyl halides is 2. The summed E-state index contributed by atoms with van der Waals surface area (Å²) >= 11 is 0. The Morgan fingerprint density at radius 3 is 2.68 bits per heavy atom. The molecule has 2 rings (SSSR count). The molecule has 0 aliphatic carbocycles. The van der Waals surface area contributed by atoms with E-state index in [2.05, 4.69) is 16.0 Å². The lowest BCUT2D eigenvalue weighted by molar-refractivity contribution is -0.123. The molecule has 0 aromatic heterocycles. The molecule has 3 N–H and O–H groups in total. The van der Waals surface area contributed by atoms with E-state index in [4.69, 9.17) is 0 Å². The van der Waals surface area contributed by atoms with Crippen molar-refractivity contribution in [1.29, 1.82) is 0 Å². The van der Waals surface area contributed by atoms with E-state index in [-0.39, 0.29) is 30.8 Å². The Balaban J connectivity index is 0.00000312. The average molecular weight is 376 g/mol. The number of benzene rings is 1. The van der Waals surface area contributed by atoms with Crippen LogP contribution in [0.5, 0.6) is 0 Å². The molecule has 1 unspecified atom stereocenters. The summed E-state index contributed by atoms with van der Waals surface area (Å²) in [5.74, 6) is -3.07. The molecule has 0 radical (unpaired) electrons. The van der Waals surface area contributed by atoms with Crippen LogP contribution in [0.4, 0.5) is 14.5 Å². The summed E-state index contributed by atoms with van der Waals surface area (Å²) < 4.78 is 26.2. The van der Waals surface area contributed by atoms with Gasteiger partial charge in [0.15, 0.2) is 0 Å². The quantitative estimate of drug-likeness (QED) is 0.716. The van der Waals surface area contributed by atoms with Crippen LogP contribution in [0.3, 0.4) is 0 Å². The highest BCUT2D eigenvalue weighted by Crippen LogP contribution is 2.25. The summed E-state index contributed by atoms with van der Waals surface area (Å²) in [5.41, 5.74) is 1.44. The fraction of sp³-hybridized carbons (Fsp3) is 0.529. The van der Waals surface area contributed by atoms with Crippen molar-refractivity contribution in [2.45, 2.75) is 45.2 Å². The number of hydrogen-bond donors (Lipinski definition) is 3. The van der Waals surface area contributed by atoms with Gasteiger partial charge < -0.3 is 10.6 Å². The molecule has 5 nitrogen and oxygen atoms in total. The van der Waals surface area contributed by atoms with E-state index in [1.807, 2.05) is 13.8 Å². The van der Waals surface area contributed by atoms with Crippen LogP contribution in [0, 0.1) is 5.92 Å². The minimum absolute atomic E-state index is 0.